The number of hydrogen-bond donors (Lipinski definition) is 2. The van der Waals surface area contributed by atoms with Crippen LogP contribution in [0.4, 0.5) is 5.69 Å². The van der Waals surface area contributed by atoms with E-state index in [-0.39, 0.29) is 11.3 Å². The molecular formula is C17H14N2O2. The number of amides is 1. The molecule has 0 aliphatic rings. The molecule has 2 N–H and O–H groups in total. The van der Waals surface area contributed by atoms with Crippen LogP contribution < -0.4 is 5.32 Å². The molecule has 0 heterocycles. The number of anilines is 1. The maximum Gasteiger partial charge on any atom is 0.266 e. The molecule has 0 saturated heterocycles. The molecule has 0 aromatic heterocycles. The fraction of sp³-hybridized carbons (Fsp3) is 0.0588. The Morgan fingerprint density at radius 3 is 2.33 bits per heavy atom. The first kappa shape index (κ1) is 14.4. The zero-order valence-corrected chi connectivity index (χ0v) is 11.5. The molecule has 2 rings (SSSR count). The number of hydrogen-bond acceptors (Lipinski definition) is 3. The molecule has 21 heavy (non-hydrogen) atoms. The van der Waals surface area contributed by atoms with E-state index in [2.05, 4.69) is 5.32 Å². The van der Waals surface area contributed by atoms with Crippen molar-refractivity contribution in [3.05, 3.63) is 65.2 Å². The first-order valence-electron chi connectivity index (χ1n) is 6.37. The van der Waals surface area contributed by atoms with Crippen molar-refractivity contribution in [2.45, 2.75) is 6.92 Å². The first-order valence-corrected chi connectivity index (χ1v) is 6.37. The summed E-state index contributed by atoms with van der Waals surface area (Å²) in [5.41, 5.74) is 2.40. The minimum Gasteiger partial charge on any atom is -0.508 e. The van der Waals surface area contributed by atoms with Crippen molar-refractivity contribution in [2.24, 2.45) is 0 Å². The van der Waals surface area contributed by atoms with Crippen molar-refractivity contribution >= 4 is 17.7 Å². The number of phenols is 1. The third kappa shape index (κ3) is 3.95. The lowest BCUT2D eigenvalue weighted by Gasteiger charge is -2.04. The Bertz CT molecular complexity index is 708. The monoisotopic (exact) mass is 278 g/mol. The quantitative estimate of drug-likeness (QED) is 0.668. The Kier molecular flexibility index (Phi) is 4.37. The van der Waals surface area contributed by atoms with E-state index in [0.717, 1.165) is 5.56 Å². The largest absolute Gasteiger partial charge is 0.508 e. The second kappa shape index (κ2) is 6.40. The van der Waals surface area contributed by atoms with E-state index in [4.69, 9.17) is 5.26 Å². The van der Waals surface area contributed by atoms with Gasteiger partial charge >= 0.3 is 0 Å². The highest BCUT2D eigenvalue weighted by Crippen LogP contribution is 2.14. The van der Waals surface area contributed by atoms with Gasteiger partial charge in [-0.2, -0.15) is 5.26 Å². The third-order valence-corrected chi connectivity index (χ3v) is 2.88. The van der Waals surface area contributed by atoms with Gasteiger partial charge < -0.3 is 10.4 Å². The number of benzene rings is 2. The second-order valence-corrected chi connectivity index (χ2v) is 4.58. The van der Waals surface area contributed by atoms with E-state index in [0.29, 0.717) is 11.3 Å². The summed E-state index contributed by atoms with van der Waals surface area (Å²) < 4.78 is 0. The Labute approximate surface area is 123 Å². The average molecular weight is 278 g/mol. The highest BCUT2D eigenvalue weighted by molar-refractivity contribution is 6.09. The van der Waals surface area contributed by atoms with Crippen molar-refractivity contribution in [2.75, 3.05) is 5.32 Å². The average Bonchev–Trinajstić information content (AvgIpc) is 2.49. The molecule has 2 aromatic carbocycles. The summed E-state index contributed by atoms with van der Waals surface area (Å²) >= 11 is 0. The van der Waals surface area contributed by atoms with E-state index in [9.17, 15) is 9.90 Å². The lowest BCUT2D eigenvalue weighted by Crippen LogP contribution is -2.13. The van der Waals surface area contributed by atoms with Crippen LogP contribution in [0.1, 0.15) is 11.1 Å². The van der Waals surface area contributed by atoms with Crippen LogP contribution >= 0.6 is 0 Å². The predicted molar refractivity (Wildman–Crippen MR) is 81.5 cm³/mol. The molecule has 0 fully saturated rings. The molecule has 0 atom stereocenters. The number of aryl methyl sites for hydroxylation is 1. The van der Waals surface area contributed by atoms with E-state index < -0.39 is 5.91 Å². The summed E-state index contributed by atoms with van der Waals surface area (Å²) in [4.78, 5) is 12.0. The Balaban J connectivity index is 2.17. The zero-order valence-electron chi connectivity index (χ0n) is 11.5. The molecule has 4 nitrogen and oxygen atoms in total. The highest BCUT2D eigenvalue weighted by atomic mass is 16.3. The molecule has 4 heteroatoms. The normalized spacial score (nSPS) is 10.8. The molecular weight excluding hydrogens is 264 g/mol. The van der Waals surface area contributed by atoms with Crippen molar-refractivity contribution in [1.82, 2.24) is 0 Å². The van der Waals surface area contributed by atoms with Gasteiger partial charge in [0, 0.05) is 5.69 Å². The third-order valence-electron chi connectivity index (χ3n) is 2.88. The lowest BCUT2D eigenvalue weighted by atomic mass is 10.1. The number of carbonyl (C=O) groups is 1. The predicted octanol–water partition coefficient (Wildman–Crippen LogP) is 3.25. The highest BCUT2D eigenvalue weighted by Gasteiger charge is 2.09. The molecule has 0 unspecified atom stereocenters. The maximum atomic E-state index is 12.0. The molecule has 0 aliphatic heterocycles. The summed E-state index contributed by atoms with van der Waals surface area (Å²) in [6.07, 6.45) is 1.48. The summed E-state index contributed by atoms with van der Waals surface area (Å²) in [6.45, 7) is 1.96. The minimum absolute atomic E-state index is 0.00117. The molecule has 1 amide bonds. The topological polar surface area (TPSA) is 73.1 Å². The Morgan fingerprint density at radius 1 is 1.14 bits per heavy atom. The van der Waals surface area contributed by atoms with Crippen LogP contribution in [0.5, 0.6) is 5.75 Å². The fourth-order valence-corrected chi connectivity index (χ4v) is 1.72. The fourth-order valence-electron chi connectivity index (χ4n) is 1.72. The standard InChI is InChI=1S/C17H14N2O2/c1-12-2-6-15(7-3-12)19-17(21)14(11-18)10-13-4-8-16(20)9-5-13/h2-10,20H,1H3,(H,19,21). The molecule has 0 spiro atoms. The first-order chi connectivity index (χ1) is 10.1. The van der Waals surface area contributed by atoms with Crippen LogP contribution in [0.25, 0.3) is 6.08 Å². The minimum atomic E-state index is -0.463. The van der Waals surface area contributed by atoms with Crippen LogP contribution in [0.3, 0.4) is 0 Å². The summed E-state index contributed by atoms with van der Waals surface area (Å²) in [5, 5.41) is 21.0. The zero-order chi connectivity index (χ0) is 15.2. The van der Waals surface area contributed by atoms with Gasteiger partial charge in [-0.3, -0.25) is 4.79 Å². The lowest BCUT2D eigenvalue weighted by molar-refractivity contribution is -0.112. The number of nitriles is 1. The van der Waals surface area contributed by atoms with Crippen LogP contribution in [-0.2, 0) is 4.79 Å². The summed E-state index contributed by atoms with van der Waals surface area (Å²) in [5.74, 6) is -0.329. The number of nitrogens with zero attached hydrogens (tertiary/aromatic N) is 1. The molecule has 2 aromatic rings. The molecule has 0 saturated carbocycles. The smallest absolute Gasteiger partial charge is 0.266 e. The van der Waals surface area contributed by atoms with Gasteiger partial charge in [0.15, 0.2) is 0 Å². The van der Waals surface area contributed by atoms with Gasteiger partial charge in [-0.25, -0.2) is 0 Å². The molecule has 0 aliphatic carbocycles. The van der Waals surface area contributed by atoms with Gasteiger partial charge in [0.25, 0.3) is 5.91 Å². The number of rotatable bonds is 3. The Hall–Kier alpha value is -3.06. The number of phenolic OH excluding ortho intramolecular Hbond substituents is 1. The van der Waals surface area contributed by atoms with Gasteiger partial charge in [-0.05, 0) is 42.8 Å². The van der Waals surface area contributed by atoms with Crippen LogP contribution in [0.15, 0.2) is 54.1 Å². The molecule has 0 radical (unpaired) electrons. The van der Waals surface area contributed by atoms with Gasteiger partial charge in [0.2, 0.25) is 0 Å². The van der Waals surface area contributed by atoms with Crippen molar-refractivity contribution in [3.8, 4) is 11.8 Å². The SMILES string of the molecule is Cc1ccc(NC(=O)C(C#N)=Cc2ccc(O)cc2)cc1. The molecule has 104 valence electrons. The maximum absolute atomic E-state index is 12.0. The number of nitrogens with one attached hydrogen (secondary N) is 1. The molecule has 0 bridgehead atoms. The van der Waals surface area contributed by atoms with Crippen molar-refractivity contribution in [3.63, 3.8) is 0 Å². The van der Waals surface area contributed by atoms with Crippen molar-refractivity contribution < 1.29 is 9.90 Å². The van der Waals surface area contributed by atoms with E-state index in [1.54, 1.807) is 24.3 Å². The van der Waals surface area contributed by atoms with E-state index in [1.165, 1.54) is 18.2 Å². The summed E-state index contributed by atoms with van der Waals surface area (Å²) in [7, 11) is 0. The van der Waals surface area contributed by atoms with E-state index >= 15 is 0 Å². The van der Waals surface area contributed by atoms with Gasteiger partial charge in [0.1, 0.15) is 17.4 Å². The summed E-state index contributed by atoms with van der Waals surface area (Å²) in [6, 6.07) is 15.5. The van der Waals surface area contributed by atoms with Crippen LogP contribution in [0, 0.1) is 18.3 Å². The van der Waals surface area contributed by atoms with Gasteiger partial charge in [0.05, 0.1) is 0 Å². The van der Waals surface area contributed by atoms with Crippen molar-refractivity contribution in [1.29, 1.82) is 5.26 Å². The van der Waals surface area contributed by atoms with Gasteiger partial charge in [-0.15, -0.1) is 0 Å². The number of aromatic hydroxyl groups is 1. The van der Waals surface area contributed by atoms with Crippen LogP contribution in [0.2, 0.25) is 0 Å². The second-order valence-electron chi connectivity index (χ2n) is 4.58. The number of carbonyl (C=O) groups excluding carboxylic acids is 1. The van der Waals surface area contributed by atoms with E-state index in [1.807, 2.05) is 25.1 Å². The van der Waals surface area contributed by atoms with Gasteiger partial charge in [-0.1, -0.05) is 29.8 Å². The van der Waals surface area contributed by atoms with Crippen LogP contribution in [-0.4, -0.2) is 11.0 Å². The Morgan fingerprint density at radius 2 is 1.76 bits per heavy atom.